The molecule has 0 saturated heterocycles. The van der Waals surface area contributed by atoms with Gasteiger partial charge in [0.05, 0.1) is 22.7 Å². The van der Waals surface area contributed by atoms with Gasteiger partial charge >= 0.3 is 5.69 Å². The summed E-state index contributed by atoms with van der Waals surface area (Å²) >= 11 is 1.30. The number of thioether (sulfide) groups is 1. The molecule has 0 aromatic heterocycles. The second kappa shape index (κ2) is 8.87. The summed E-state index contributed by atoms with van der Waals surface area (Å²) in [6.45, 7) is 0. The summed E-state index contributed by atoms with van der Waals surface area (Å²) < 4.78 is 27.8. The molecule has 2 aromatic carbocycles. The molecule has 0 aliphatic rings. The van der Waals surface area contributed by atoms with Crippen molar-refractivity contribution in [3.05, 3.63) is 58.1 Å². The lowest BCUT2D eigenvalue weighted by atomic mass is 10.2. The maximum atomic E-state index is 12.0. The van der Waals surface area contributed by atoms with Crippen LogP contribution in [0.1, 0.15) is 5.56 Å². The number of nitrogens with zero attached hydrogens (tertiary/aromatic N) is 1. The lowest BCUT2D eigenvalue weighted by molar-refractivity contribution is -0.385. The molecule has 144 valence electrons. The minimum atomic E-state index is -3.28. The Labute approximate surface area is 161 Å². The fourth-order valence-corrected chi connectivity index (χ4v) is 3.62. The smallest absolute Gasteiger partial charge is 0.311 e. The van der Waals surface area contributed by atoms with E-state index < -0.39 is 14.8 Å². The van der Waals surface area contributed by atoms with E-state index in [9.17, 15) is 23.3 Å². The molecule has 0 radical (unpaired) electrons. The monoisotopic (exact) mass is 410 g/mol. The van der Waals surface area contributed by atoms with E-state index in [2.05, 4.69) is 5.32 Å². The molecule has 1 amide bonds. The van der Waals surface area contributed by atoms with Gasteiger partial charge in [0.1, 0.15) is 0 Å². The van der Waals surface area contributed by atoms with Gasteiger partial charge in [-0.2, -0.15) is 0 Å². The van der Waals surface area contributed by atoms with E-state index in [0.29, 0.717) is 17.0 Å². The van der Waals surface area contributed by atoms with Crippen LogP contribution in [0.3, 0.4) is 0 Å². The lowest BCUT2D eigenvalue weighted by Crippen LogP contribution is -2.14. The number of rotatable bonds is 8. The van der Waals surface area contributed by atoms with E-state index in [-0.39, 0.29) is 28.0 Å². The molecule has 0 spiro atoms. The molecule has 1 N–H and O–H groups in total. The molecule has 2 aromatic rings. The van der Waals surface area contributed by atoms with Crippen LogP contribution < -0.4 is 10.1 Å². The lowest BCUT2D eigenvalue weighted by Gasteiger charge is -2.07. The van der Waals surface area contributed by atoms with Crippen LogP contribution in [0.4, 0.5) is 11.4 Å². The van der Waals surface area contributed by atoms with Crippen molar-refractivity contribution in [1.82, 2.24) is 0 Å². The number of anilines is 1. The van der Waals surface area contributed by atoms with Crippen LogP contribution >= 0.6 is 11.8 Å². The summed E-state index contributed by atoms with van der Waals surface area (Å²) in [6.07, 6.45) is 1.11. The van der Waals surface area contributed by atoms with Crippen molar-refractivity contribution in [3.8, 4) is 5.75 Å². The molecule has 0 saturated carbocycles. The molecule has 0 heterocycles. The highest BCUT2D eigenvalue weighted by atomic mass is 32.2. The number of benzene rings is 2. The summed E-state index contributed by atoms with van der Waals surface area (Å²) in [6, 6.07) is 10.5. The highest BCUT2D eigenvalue weighted by molar-refractivity contribution is 7.99. The Balaban J connectivity index is 1.89. The number of nitrogens with one attached hydrogen (secondary N) is 1. The summed E-state index contributed by atoms with van der Waals surface area (Å²) in [5.41, 5.74) is 1.08. The van der Waals surface area contributed by atoms with Crippen molar-refractivity contribution in [2.24, 2.45) is 0 Å². The van der Waals surface area contributed by atoms with Crippen LogP contribution in [0.5, 0.6) is 5.75 Å². The third kappa shape index (κ3) is 5.97. The first kappa shape index (κ1) is 20.7. The number of carbonyl (C=O) groups is 1. The van der Waals surface area contributed by atoms with Crippen LogP contribution in [0.2, 0.25) is 0 Å². The van der Waals surface area contributed by atoms with Crippen LogP contribution in [0.25, 0.3) is 0 Å². The Morgan fingerprint density at radius 2 is 1.89 bits per heavy atom. The van der Waals surface area contributed by atoms with Gasteiger partial charge in [-0.15, -0.1) is 11.8 Å². The van der Waals surface area contributed by atoms with Gasteiger partial charge < -0.3 is 10.1 Å². The van der Waals surface area contributed by atoms with Crippen molar-refractivity contribution in [2.75, 3.05) is 24.4 Å². The molecule has 0 aliphatic heterocycles. The number of hydrogen-bond acceptors (Lipinski definition) is 7. The summed E-state index contributed by atoms with van der Waals surface area (Å²) in [7, 11) is -1.92. The second-order valence-electron chi connectivity index (χ2n) is 5.60. The molecular weight excluding hydrogens is 392 g/mol. The van der Waals surface area contributed by atoms with E-state index >= 15 is 0 Å². The zero-order valence-electron chi connectivity index (χ0n) is 14.7. The van der Waals surface area contributed by atoms with E-state index in [1.807, 2.05) is 0 Å². The quantitative estimate of drug-likeness (QED) is 0.525. The minimum absolute atomic E-state index is 0.119. The molecule has 27 heavy (non-hydrogen) atoms. The number of methoxy groups -OCH3 is 1. The molecule has 0 unspecified atom stereocenters. The van der Waals surface area contributed by atoms with Crippen molar-refractivity contribution >= 4 is 38.9 Å². The Kier molecular flexibility index (Phi) is 6.81. The fraction of sp³-hybridized carbons (Fsp3) is 0.235. The molecule has 2 rings (SSSR count). The van der Waals surface area contributed by atoms with Gasteiger partial charge in [0.2, 0.25) is 5.91 Å². The van der Waals surface area contributed by atoms with Crippen molar-refractivity contribution < 1.29 is 22.9 Å². The Morgan fingerprint density at radius 1 is 1.22 bits per heavy atom. The predicted octanol–water partition coefficient (Wildman–Crippen LogP) is 2.88. The van der Waals surface area contributed by atoms with Gasteiger partial charge in [0.25, 0.3) is 0 Å². The van der Waals surface area contributed by atoms with Crippen molar-refractivity contribution in [1.29, 1.82) is 0 Å². The van der Waals surface area contributed by atoms with E-state index in [1.54, 1.807) is 6.07 Å². The van der Waals surface area contributed by atoms with Gasteiger partial charge in [0.15, 0.2) is 15.6 Å². The van der Waals surface area contributed by atoms with Gasteiger partial charge in [0, 0.05) is 23.8 Å². The van der Waals surface area contributed by atoms with Crippen molar-refractivity contribution in [2.45, 2.75) is 10.6 Å². The predicted molar refractivity (Wildman–Crippen MR) is 104 cm³/mol. The average molecular weight is 410 g/mol. The molecule has 0 atom stereocenters. The fourth-order valence-electron chi connectivity index (χ4n) is 2.21. The van der Waals surface area contributed by atoms with Gasteiger partial charge in [-0.3, -0.25) is 14.9 Å². The maximum absolute atomic E-state index is 12.0. The SMILES string of the molecule is COc1ccc(CSCC(=O)Nc2ccc(S(C)(=O)=O)cc2)cc1[N+](=O)[O-]. The maximum Gasteiger partial charge on any atom is 0.311 e. The molecule has 10 heteroatoms. The van der Waals surface area contributed by atoms with Crippen molar-refractivity contribution in [3.63, 3.8) is 0 Å². The number of hydrogen-bond donors (Lipinski definition) is 1. The molecule has 0 aliphatic carbocycles. The number of nitro groups is 1. The molecule has 0 fully saturated rings. The first-order chi connectivity index (χ1) is 12.7. The Morgan fingerprint density at radius 3 is 2.44 bits per heavy atom. The van der Waals surface area contributed by atoms with Gasteiger partial charge in [-0.05, 0) is 35.9 Å². The third-order valence-corrected chi connectivity index (χ3v) is 5.64. The number of amides is 1. The summed E-state index contributed by atoms with van der Waals surface area (Å²) in [5.74, 6) is 0.498. The molecular formula is C17H18N2O6S2. The first-order valence-electron chi connectivity index (χ1n) is 7.69. The number of nitro benzene ring substituents is 1. The van der Waals surface area contributed by atoms with Gasteiger partial charge in [-0.25, -0.2) is 8.42 Å². The highest BCUT2D eigenvalue weighted by Crippen LogP contribution is 2.29. The van der Waals surface area contributed by atoms with Crippen LogP contribution in [0.15, 0.2) is 47.4 Å². The minimum Gasteiger partial charge on any atom is -0.490 e. The zero-order valence-corrected chi connectivity index (χ0v) is 16.3. The number of ether oxygens (including phenoxy) is 1. The standard InChI is InChI=1S/C17H18N2O6S2/c1-25-16-8-3-12(9-15(16)19(21)22)10-26-11-17(20)18-13-4-6-14(7-5-13)27(2,23)24/h3-9H,10-11H2,1-2H3,(H,18,20). The zero-order chi connectivity index (χ0) is 20.0. The Bertz CT molecular complexity index is 942. The topological polar surface area (TPSA) is 116 Å². The average Bonchev–Trinajstić information content (AvgIpc) is 2.61. The third-order valence-electron chi connectivity index (χ3n) is 3.51. The van der Waals surface area contributed by atoms with E-state index in [1.165, 1.54) is 55.3 Å². The van der Waals surface area contributed by atoms with Gasteiger partial charge in [-0.1, -0.05) is 6.07 Å². The second-order valence-corrected chi connectivity index (χ2v) is 8.60. The highest BCUT2D eigenvalue weighted by Gasteiger charge is 2.15. The van der Waals surface area contributed by atoms with E-state index in [0.717, 1.165) is 6.26 Å². The largest absolute Gasteiger partial charge is 0.490 e. The summed E-state index contributed by atoms with van der Waals surface area (Å²) in [5, 5.41) is 13.7. The normalized spacial score (nSPS) is 11.0. The van der Waals surface area contributed by atoms with Crippen LogP contribution in [-0.2, 0) is 20.4 Å². The van der Waals surface area contributed by atoms with Crippen LogP contribution in [0, 0.1) is 10.1 Å². The molecule has 0 bridgehead atoms. The number of sulfone groups is 1. The Hall–Kier alpha value is -2.59. The summed E-state index contributed by atoms with van der Waals surface area (Å²) in [4.78, 5) is 22.7. The molecule has 8 nitrogen and oxygen atoms in total. The van der Waals surface area contributed by atoms with Crippen LogP contribution in [-0.4, -0.2) is 38.4 Å². The number of carbonyl (C=O) groups excluding carboxylic acids is 1. The van der Waals surface area contributed by atoms with E-state index in [4.69, 9.17) is 4.74 Å². The first-order valence-corrected chi connectivity index (χ1v) is 10.7.